The van der Waals surface area contributed by atoms with Crippen molar-refractivity contribution in [3.8, 4) is 0 Å². The first-order chi connectivity index (χ1) is 8.67. The Morgan fingerprint density at radius 2 is 2.17 bits per heavy atom. The topological polar surface area (TPSA) is 12.0 Å². The van der Waals surface area contributed by atoms with Crippen molar-refractivity contribution in [3.63, 3.8) is 0 Å². The Morgan fingerprint density at radius 3 is 2.83 bits per heavy atom. The number of hydrogen-bond donors (Lipinski definition) is 1. The molecule has 0 fully saturated rings. The fourth-order valence-electron chi connectivity index (χ4n) is 2.61. The van der Waals surface area contributed by atoms with Gasteiger partial charge in [0, 0.05) is 22.1 Å². The highest BCUT2D eigenvalue weighted by atomic mass is 35.5. The number of thioether (sulfide) groups is 1. The van der Waals surface area contributed by atoms with E-state index in [9.17, 15) is 0 Å². The van der Waals surface area contributed by atoms with Gasteiger partial charge in [-0.3, -0.25) is 0 Å². The lowest BCUT2D eigenvalue weighted by Crippen LogP contribution is -2.33. The molecule has 0 bridgehead atoms. The number of benzene rings is 1. The van der Waals surface area contributed by atoms with Gasteiger partial charge in [0.1, 0.15) is 0 Å². The molecule has 2 atom stereocenters. The molecule has 0 saturated heterocycles. The number of nitrogens with one attached hydrogen (secondary N) is 1. The van der Waals surface area contributed by atoms with E-state index in [0.29, 0.717) is 11.3 Å². The zero-order valence-electron chi connectivity index (χ0n) is 11.4. The maximum Gasteiger partial charge on any atom is 0.0452 e. The lowest BCUT2D eigenvalue weighted by atomic mass is 9.94. The molecule has 1 aliphatic rings. The minimum absolute atomic E-state index is 0.459. The molecule has 1 aliphatic heterocycles. The molecule has 0 aromatic heterocycles. The number of fused-ring (bicyclic) bond motifs is 1. The fourth-order valence-corrected chi connectivity index (χ4v) is 4.41. The minimum Gasteiger partial charge on any atom is -0.309 e. The highest BCUT2D eigenvalue weighted by Crippen LogP contribution is 2.42. The monoisotopic (exact) mass is 283 g/mol. The van der Waals surface area contributed by atoms with E-state index in [0.717, 1.165) is 17.3 Å². The molecule has 0 radical (unpaired) electrons. The van der Waals surface area contributed by atoms with Crippen LogP contribution in [0.4, 0.5) is 0 Å². The maximum atomic E-state index is 6.40. The Morgan fingerprint density at radius 1 is 1.39 bits per heavy atom. The molecule has 1 aromatic carbocycles. The van der Waals surface area contributed by atoms with Crippen molar-refractivity contribution >= 4 is 23.4 Å². The van der Waals surface area contributed by atoms with E-state index < -0.39 is 0 Å². The molecule has 2 unspecified atom stereocenters. The van der Waals surface area contributed by atoms with E-state index in [1.54, 1.807) is 0 Å². The highest BCUT2D eigenvalue weighted by molar-refractivity contribution is 7.99. The Bertz CT molecular complexity index is 419. The van der Waals surface area contributed by atoms with Crippen LogP contribution in [0.2, 0.25) is 5.02 Å². The summed E-state index contributed by atoms with van der Waals surface area (Å²) in [6, 6.07) is 4.86. The van der Waals surface area contributed by atoms with Crippen molar-refractivity contribution in [1.82, 2.24) is 5.32 Å². The molecule has 0 amide bonds. The van der Waals surface area contributed by atoms with Gasteiger partial charge < -0.3 is 5.32 Å². The summed E-state index contributed by atoms with van der Waals surface area (Å²) >= 11 is 8.43. The van der Waals surface area contributed by atoms with Crippen LogP contribution in [0.25, 0.3) is 0 Å². The summed E-state index contributed by atoms with van der Waals surface area (Å²) in [7, 11) is 0. The van der Waals surface area contributed by atoms with Crippen LogP contribution >= 0.6 is 23.4 Å². The molecule has 1 heterocycles. The summed E-state index contributed by atoms with van der Waals surface area (Å²) in [4.78, 5) is 0. The molecule has 0 saturated carbocycles. The fraction of sp³-hybridized carbons (Fsp3) is 0.600. The highest BCUT2D eigenvalue weighted by Gasteiger charge is 2.29. The quantitative estimate of drug-likeness (QED) is 0.858. The molecule has 0 aliphatic carbocycles. The van der Waals surface area contributed by atoms with Gasteiger partial charge in [0.05, 0.1) is 0 Å². The van der Waals surface area contributed by atoms with Crippen LogP contribution in [0.1, 0.15) is 49.4 Å². The molecular weight excluding hydrogens is 262 g/mol. The lowest BCUT2D eigenvalue weighted by Gasteiger charge is -2.34. The first-order valence-electron chi connectivity index (χ1n) is 6.81. The molecule has 18 heavy (non-hydrogen) atoms. The van der Waals surface area contributed by atoms with E-state index in [-0.39, 0.29) is 0 Å². The summed E-state index contributed by atoms with van der Waals surface area (Å²) < 4.78 is 0. The molecular formula is C15H22ClNS. The largest absolute Gasteiger partial charge is 0.309 e. The summed E-state index contributed by atoms with van der Waals surface area (Å²) in [5.74, 6) is 1.05. The van der Waals surface area contributed by atoms with E-state index in [1.165, 1.54) is 29.5 Å². The van der Waals surface area contributed by atoms with Crippen LogP contribution < -0.4 is 5.32 Å². The molecule has 3 heteroatoms. The van der Waals surface area contributed by atoms with Gasteiger partial charge in [-0.1, -0.05) is 31.5 Å². The normalized spacial score (nSPS) is 22.9. The van der Waals surface area contributed by atoms with Gasteiger partial charge in [-0.2, -0.15) is 11.8 Å². The van der Waals surface area contributed by atoms with Crippen molar-refractivity contribution in [2.45, 2.75) is 50.7 Å². The Labute approximate surface area is 120 Å². The summed E-state index contributed by atoms with van der Waals surface area (Å²) in [5.41, 5.74) is 4.04. The SMILES string of the molecule is CCCNC1c2cc(C)cc(Cl)c2CSC1CC. The number of rotatable bonds is 4. The maximum absolute atomic E-state index is 6.40. The first-order valence-corrected chi connectivity index (χ1v) is 8.24. The second kappa shape index (κ2) is 6.31. The van der Waals surface area contributed by atoms with Gasteiger partial charge in [-0.15, -0.1) is 0 Å². The van der Waals surface area contributed by atoms with Gasteiger partial charge >= 0.3 is 0 Å². The summed E-state index contributed by atoms with van der Waals surface area (Å²) in [6.45, 7) is 7.70. The zero-order valence-corrected chi connectivity index (χ0v) is 13.0. The van der Waals surface area contributed by atoms with Crippen LogP contribution in [0.3, 0.4) is 0 Å². The van der Waals surface area contributed by atoms with E-state index in [1.807, 2.05) is 11.8 Å². The third kappa shape index (κ3) is 2.87. The third-order valence-corrected chi connectivity index (χ3v) is 5.37. The molecule has 0 spiro atoms. The number of aryl methyl sites for hydroxylation is 1. The first kappa shape index (κ1) is 14.2. The van der Waals surface area contributed by atoms with Gasteiger partial charge in [-0.25, -0.2) is 0 Å². The predicted molar refractivity (Wildman–Crippen MR) is 82.6 cm³/mol. The second-order valence-electron chi connectivity index (χ2n) is 5.00. The van der Waals surface area contributed by atoms with Gasteiger partial charge in [0.25, 0.3) is 0 Å². The van der Waals surface area contributed by atoms with Gasteiger partial charge in [0.2, 0.25) is 0 Å². The number of halogens is 1. The van der Waals surface area contributed by atoms with E-state index >= 15 is 0 Å². The van der Waals surface area contributed by atoms with Gasteiger partial charge in [0.15, 0.2) is 0 Å². The standard InChI is InChI=1S/C15H22ClNS/c1-4-6-17-15-11-7-10(3)8-13(16)12(11)9-18-14(15)5-2/h7-8,14-15,17H,4-6,9H2,1-3H3. The van der Waals surface area contributed by atoms with Crippen LogP contribution in [0.15, 0.2) is 12.1 Å². The molecule has 1 nitrogen and oxygen atoms in total. The summed E-state index contributed by atoms with van der Waals surface area (Å²) in [5, 5.41) is 5.31. The van der Waals surface area contributed by atoms with Crippen molar-refractivity contribution in [2.75, 3.05) is 6.54 Å². The van der Waals surface area contributed by atoms with Crippen molar-refractivity contribution < 1.29 is 0 Å². The van der Waals surface area contributed by atoms with Crippen LogP contribution in [0, 0.1) is 6.92 Å². The van der Waals surface area contributed by atoms with Crippen molar-refractivity contribution in [2.24, 2.45) is 0 Å². The van der Waals surface area contributed by atoms with Crippen molar-refractivity contribution in [3.05, 3.63) is 33.8 Å². The van der Waals surface area contributed by atoms with Crippen LogP contribution in [0.5, 0.6) is 0 Å². The van der Waals surface area contributed by atoms with Gasteiger partial charge in [-0.05, 0) is 49.1 Å². The number of hydrogen-bond acceptors (Lipinski definition) is 2. The average Bonchev–Trinajstić information content (AvgIpc) is 2.35. The molecule has 1 aromatic rings. The lowest BCUT2D eigenvalue weighted by molar-refractivity contribution is 0.498. The van der Waals surface area contributed by atoms with Crippen LogP contribution in [-0.4, -0.2) is 11.8 Å². The van der Waals surface area contributed by atoms with E-state index in [2.05, 4.69) is 38.2 Å². The van der Waals surface area contributed by atoms with Crippen LogP contribution in [-0.2, 0) is 5.75 Å². The predicted octanol–water partition coefficient (Wildman–Crippen LogP) is 4.71. The Kier molecular flexibility index (Phi) is 4.99. The Balaban J connectivity index is 2.36. The molecule has 1 N–H and O–H groups in total. The minimum atomic E-state index is 0.459. The second-order valence-corrected chi connectivity index (χ2v) is 6.64. The smallest absolute Gasteiger partial charge is 0.0452 e. The molecule has 100 valence electrons. The Hall–Kier alpha value is -0.180. The molecule has 2 rings (SSSR count). The third-order valence-electron chi connectivity index (χ3n) is 3.54. The summed E-state index contributed by atoms with van der Waals surface area (Å²) in [6.07, 6.45) is 2.38. The zero-order chi connectivity index (χ0) is 13.1. The average molecular weight is 284 g/mol. The van der Waals surface area contributed by atoms with E-state index in [4.69, 9.17) is 11.6 Å². The van der Waals surface area contributed by atoms with Crippen molar-refractivity contribution in [1.29, 1.82) is 0 Å².